The number of hydrogen-bond donors (Lipinski definition) is 1. The van der Waals surface area contributed by atoms with Crippen molar-refractivity contribution in [2.24, 2.45) is 5.92 Å². The minimum atomic E-state index is 0.105. The van der Waals surface area contributed by atoms with Crippen molar-refractivity contribution in [3.05, 3.63) is 46.5 Å². The fraction of sp³-hybridized carbons (Fsp3) is 0.474. The lowest BCUT2D eigenvalue weighted by atomic mass is 10.0. The number of amides is 1. The third kappa shape index (κ3) is 4.90. The minimum absolute atomic E-state index is 0.105. The second-order valence-electron chi connectivity index (χ2n) is 6.53. The number of rotatable bonds is 6. The Balaban J connectivity index is 1.48. The van der Waals surface area contributed by atoms with Gasteiger partial charge in [-0.25, -0.2) is 4.98 Å². The summed E-state index contributed by atoms with van der Waals surface area (Å²) in [5.74, 6) is 0.863. The number of thiazole rings is 1. The van der Waals surface area contributed by atoms with Gasteiger partial charge in [0.1, 0.15) is 0 Å². The van der Waals surface area contributed by atoms with Crippen LogP contribution in [0.2, 0.25) is 0 Å². The smallest absolute Gasteiger partial charge is 0.226 e. The van der Waals surface area contributed by atoms with Crippen molar-refractivity contribution in [2.75, 3.05) is 5.32 Å². The first-order valence-electron chi connectivity index (χ1n) is 8.49. The summed E-state index contributed by atoms with van der Waals surface area (Å²) in [6.45, 7) is 2.09. The van der Waals surface area contributed by atoms with Crippen molar-refractivity contribution in [3.8, 4) is 0 Å². The van der Waals surface area contributed by atoms with Crippen LogP contribution in [0, 0.1) is 12.8 Å². The molecule has 4 heteroatoms. The first kappa shape index (κ1) is 16.2. The van der Waals surface area contributed by atoms with Gasteiger partial charge < -0.3 is 5.32 Å². The van der Waals surface area contributed by atoms with Gasteiger partial charge in [-0.2, -0.15) is 0 Å². The highest BCUT2D eigenvalue weighted by Crippen LogP contribution is 2.29. The van der Waals surface area contributed by atoms with Crippen LogP contribution in [0.15, 0.2) is 30.5 Å². The molecule has 3 nitrogen and oxygen atoms in total. The van der Waals surface area contributed by atoms with E-state index in [2.05, 4.69) is 41.5 Å². The number of nitrogens with one attached hydrogen (secondary N) is 1. The normalized spacial score (nSPS) is 15.0. The fourth-order valence-electron chi connectivity index (χ4n) is 3.17. The maximum Gasteiger partial charge on any atom is 0.226 e. The molecular weight excluding hydrogens is 304 g/mol. The number of hydrogen-bond acceptors (Lipinski definition) is 3. The Morgan fingerprint density at radius 1 is 1.26 bits per heavy atom. The Labute approximate surface area is 142 Å². The van der Waals surface area contributed by atoms with Crippen LogP contribution in [0.4, 0.5) is 5.13 Å². The highest BCUT2D eigenvalue weighted by molar-refractivity contribution is 7.15. The fourth-order valence-corrected chi connectivity index (χ4v) is 4.03. The van der Waals surface area contributed by atoms with E-state index in [-0.39, 0.29) is 5.91 Å². The zero-order chi connectivity index (χ0) is 16.1. The minimum Gasteiger partial charge on any atom is -0.302 e. The Kier molecular flexibility index (Phi) is 5.44. The van der Waals surface area contributed by atoms with Crippen molar-refractivity contribution in [1.29, 1.82) is 0 Å². The Morgan fingerprint density at radius 2 is 2.00 bits per heavy atom. The molecule has 1 aromatic heterocycles. The van der Waals surface area contributed by atoms with Crippen LogP contribution in [0.1, 0.15) is 54.5 Å². The number of nitrogens with zero attached hydrogens (tertiary/aromatic N) is 1. The Bertz CT molecular complexity index is 642. The second kappa shape index (κ2) is 7.73. The van der Waals surface area contributed by atoms with Gasteiger partial charge in [0, 0.05) is 23.9 Å². The molecule has 23 heavy (non-hydrogen) atoms. The monoisotopic (exact) mass is 328 g/mol. The molecule has 2 aromatic rings. The summed E-state index contributed by atoms with van der Waals surface area (Å²) in [5, 5.41) is 3.68. The molecule has 0 aliphatic heterocycles. The van der Waals surface area contributed by atoms with Crippen molar-refractivity contribution >= 4 is 22.4 Å². The van der Waals surface area contributed by atoms with Crippen LogP contribution in [0.25, 0.3) is 0 Å². The van der Waals surface area contributed by atoms with Gasteiger partial charge in [0.2, 0.25) is 5.91 Å². The topological polar surface area (TPSA) is 42.0 Å². The molecule has 0 spiro atoms. The zero-order valence-corrected chi connectivity index (χ0v) is 14.5. The summed E-state index contributed by atoms with van der Waals surface area (Å²) in [6, 6.07) is 8.55. The number of carbonyl (C=O) groups is 1. The molecule has 1 N–H and O–H groups in total. The van der Waals surface area contributed by atoms with Gasteiger partial charge in [0.25, 0.3) is 0 Å². The maximum atomic E-state index is 12.0. The molecule has 1 aliphatic carbocycles. The molecule has 1 aliphatic rings. The highest BCUT2D eigenvalue weighted by Gasteiger charge is 2.16. The number of carbonyl (C=O) groups excluding carboxylic acids is 1. The van der Waals surface area contributed by atoms with E-state index in [0.29, 0.717) is 6.42 Å². The number of aryl methyl sites for hydroxylation is 1. The Hall–Kier alpha value is -1.68. The van der Waals surface area contributed by atoms with E-state index in [1.807, 2.05) is 6.20 Å². The van der Waals surface area contributed by atoms with Crippen LogP contribution in [0.5, 0.6) is 0 Å². The van der Waals surface area contributed by atoms with Crippen molar-refractivity contribution in [1.82, 2.24) is 4.98 Å². The lowest BCUT2D eigenvalue weighted by molar-refractivity contribution is -0.116. The number of benzene rings is 1. The van der Waals surface area contributed by atoms with Crippen LogP contribution < -0.4 is 5.32 Å². The number of anilines is 1. The Morgan fingerprint density at radius 3 is 2.74 bits per heavy atom. The van der Waals surface area contributed by atoms with Gasteiger partial charge in [0.05, 0.1) is 0 Å². The van der Waals surface area contributed by atoms with Gasteiger partial charge in [-0.3, -0.25) is 4.79 Å². The molecule has 122 valence electrons. The average molecular weight is 328 g/mol. The molecule has 1 saturated carbocycles. The van der Waals surface area contributed by atoms with Crippen LogP contribution >= 0.6 is 11.3 Å². The van der Waals surface area contributed by atoms with Crippen LogP contribution in [-0.4, -0.2) is 10.9 Å². The molecule has 1 fully saturated rings. The predicted molar refractivity (Wildman–Crippen MR) is 95.9 cm³/mol. The summed E-state index contributed by atoms with van der Waals surface area (Å²) in [5.41, 5.74) is 2.55. The van der Waals surface area contributed by atoms with E-state index >= 15 is 0 Å². The van der Waals surface area contributed by atoms with E-state index in [1.165, 1.54) is 41.7 Å². The van der Waals surface area contributed by atoms with Gasteiger partial charge in [-0.1, -0.05) is 55.5 Å². The second-order valence-corrected chi connectivity index (χ2v) is 7.65. The SMILES string of the molecule is Cc1ccc(Cc2cnc(NC(=O)CCC3CCCC3)s2)cc1. The molecule has 1 amide bonds. The van der Waals surface area contributed by atoms with Crippen molar-refractivity contribution < 1.29 is 4.79 Å². The predicted octanol–water partition coefficient (Wildman–Crippen LogP) is 4.95. The molecule has 0 bridgehead atoms. The number of aromatic nitrogens is 1. The molecule has 0 unspecified atom stereocenters. The standard InChI is InChI=1S/C19H24N2OS/c1-14-6-8-16(9-7-14)12-17-13-20-19(23-17)21-18(22)11-10-15-4-2-3-5-15/h6-9,13,15H,2-5,10-12H2,1H3,(H,20,21,22). The summed E-state index contributed by atoms with van der Waals surface area (Å²) in [6.07, 6.45) is 9.65. The zero-order valence-electron chi connectivity index (χ0n) is 13.7. The van der Waals surface area contributed by atoms with Crippen molar-refractivity contribution in [2.45, 2.75) is 51.9 Å². The van der Waals surface area contributed by atoms with E-state index in [1.54, 1.807) is 11.3 Å². The van der Waals surface area contributed by atoms with Crippen LogP contribution in [0.3, 0.4) is 0 Å². The van der Waals surface area contributed by atoms with Crippen molar-refractivity contribution in [3.63, 3.8) is 0 Å². The quantitative estimate of drug-likeness (QED) is 0.815. The molecule has 0 radical (unpaired) electrons. The summed E-state index contributed by atoms with van der Waals surface area (Å²) < 4.78 is 0. The first-order chi connectivity index (χ1) is 11.2. The van der Waals surface area contributed by atoms with E-state index < -0.39 is 0 Å². The maximum absolute atomic E-state index is 12.0. The highest BCUT2D eigenvalue weighted by atomic mass is 32.1. The third-order valence-electron chi connectivity index (χ3n) is 4.55. The molecule has 1 heterocycles. The van der Waals surface area contributed by atoms with Gasteiger partial charge in [-0.15, -0.1) is 11.3 Å². The molecular formula is C19H24N2OS. The van der Waals surface area contributed by atoms with Gasteiger partial charge in [0.15, 0.2) is 5.13 Å². The van der Waals surface area contributed by atoms with Gasteiger partial charge in [-0.05, 0) is 24.8 Å². The molecule has 3 rings (SSSR count). The molecule has 1 aromatic carbocycles. The van der Waals surface area contributed by atoms with E-state index in [0.717, 1.165) is 23.9 Å². The largest absolute Gasteiger partial charge is 0.302 e. The van der Waals surface area contributed by atoms with Crippen LogP contribution in [-0.2, 0) is 11.2 Å². The summed E-state index contributed by atoms with van der Waals surface area (Å²) in [4.78, 5) is 17.5. The van der Waals surface area contributed by atoms with E-state index in [9.17, 15) is 4.79 Å². The summed E-state index contributed by atoms with van der Waals surface area (Å²) in [7, 11) is 0. The summed E-state index contributed by atoms with van der Waals surface area (Å²) >= 11 is 1.58. The third-order valence-corrected chi connectivity index (χ3v) is 5.47. The average Bonchev–Trinajstić information content (AvgIpc) is 3.20. The molecule has 0 atom stereocenters. The molecule has 0 saturated heterocycles. The van der Waals surface area contributed by atoms with Gasteiger partial charge >= 0.3 is 0 Å². The lowest BCUT2D eigenvalue weighted by Crippen LogP contribution is -2.12. The van der Waals surface area contributed by atoms with E-state index in [4.69, 9.17) is 0 Å². The lowest BCUT2D eigenvalue weighted by Gasteiger charge is -2.07. The first-order valence-corrected chi connectivity index (χ1v) is 9.31.